The first-order valence-corrected chi connectivity index (χ1v) is 8.02. The number of piperazine rings is 1. The lowest BCUT2D eigenvalue weighted by Crippen LogP contribution is -2.46. The van der Waals surface area contributed by atoms with Gasteiger partial charge in [0, 0.05) is 26.2 Å². The summed E-state index contributed by atoms with van der Waals surface area (Å²) in [5.41, 5.74) is 0.848. The van der Waals surface area contributed by atoms with Gasteiger partial charge in [0.25, 0.3) is 0 Å². The summed E-state index contributed by atoms with van der Waals surface area (Å²) in [7, 11) is -3.14. The molecule has 1 saturated heterocycles. The average Bonchev–Trinajstić information content (AvgIpc) is 2.43. The van der Waals surface area contributed by atoms with Crippen LogP contribution in [0.3, 0.4) is 0 Å². The first-order chi connectivity index (χ1) is 8.68. The Balaban J connectivity index is 0.000000771. The molecule has 0 unspecified atom stereocenters. The van der Waals surface area contributed by atoms with E-state index >= 15 is 0 Å². The van der Waals surface area contributed by atoms with Crippen molar-refractivity contribution in [2.75, 3.05) is 26.2 Å². The van der Waals surface area contributed by atoms with Crippen LogP contribution in [-0.4, -0.2) is 38.9 Å². The van der Waals surface area contributed by atoms with Crippen molar-refractivity contribution >= 4 is 10.0 Å². The zero-order valence-electron chi connectivity index (χ0n) is 11.1. The van der Waals surface area contributed by atoms with Gasteiger partial charge in [-0.2, -0.15) is 4.31 Å². The first-order valence-electron chi connectivity index (χ1n) is 6.41. The summed E-state index contributed by atoms with van der Waals surface area (Å²) in [6, 6.07) is 9.31. The van der Waals surface area contributed by atoms with Gasteiger partial charge in [0.1, 0.15) is 0 Å². The maximum absolute atomic E-state index is 12.1. The van der Waals surface area contributed by atoms with E-state index in [2.05, 4.69) is 5.32 Å². The second-order valence-electron chi connectivity index (χ2n) is 3.89. The van der Waals surface area contributed by atoms with Crippen molar-refractivity contribution in [3.8, 4) is 0 Å². The second-order valence-corrected chi connectivity index (χ2v) is 5.86. The van der Waals surface area contributed by atoms with E-state index in [4.69, 9.17) is 0 Å². The predicted molar refractivity (Wildman–Crippen MR) is 74.9 cm³/mol. The van der Waals surface area contributed by atoms with Crippen molar-refractivity contribution in [3.63, 3.8) is 0 Å². The highest BCUT2D eigenvalue weighted by atomic mass is 32.2. The number of rotatable bonds is 3. The fourth-order valence-corrected chi connectivity index (χ4v) is 3.33. The van der Waals surface area contributed by atoms with Gasteiger partial charge in [0.15, 0.2) is 0 Å². The molecule has 2 rings (SSSR count). The van der Waals surface area contributed by atoms with E-state index in [1.165, 1.54) is 0 Å². The zero-order chi connectivity index (χ0) is 13.4. The van der Waals surface area contributed by atoms with Crippen LogP contribution in [0.4, 0.5) is 0 Å². The number of sulfonamides is 1. The molecule has 0 bridgehead atoms. The molecule has 5 heteroatoms. The van der Waals surface area contributed by atoms with Crippen LogP contribution in [0.2, 0.25) is 0 Å². The second kappa shape index (κ2) is 7.51. The van der Waals surface area contributed by atoms with Gasteiger partial charge in [0.05, 0.1) is 5.75 Å². The Kier molecular flexibility index (Phi) is 6.32. The zero-order valence-corrected chi connectivity index (χ0v) is 11.9. The van der Waals surface area contributed by atoms with Gasteiger partial charge in [-0.3, -0.25) is 0 Å². The molecule has 1 N–H and O–H groups in total. The molecule has 1 aliphatic rings. The summed E-state index contributed by atoms with van der Waals surface area (Å²) in [6.07, 6.45) is 0. The van der Waals surface area contributed by atoms with Crippen LogP contribution < -0.4 is 5.32 Å². The van der Waals surface area contributed by atoms with Gasteiger partial charge in [-0.1, -0.05) is 44.2 Å². The molecule has 1 fully saturated rings. The third-order valence-corrected chi connectivity index (χ3v) is 4.51. The Morgan fingerprint density at radius 1 is 1.11 bits per heavy atom. The van der Waals surface area contributed by atoms with E-state index in [0.29, 0.717) is 13.1 Å². The summed E-state index contributed by atoms with van der Waals surface area (Å²) < 4.78 is 25.7. The number of benzene rings is 1. The van der Waals surface area contributed by atoms with Gasteiger partial charge in [-0.15, -0.1) is 0 Å². The maximum atomic E-state index is 12.1. The molecule has 18 heavy (non-hydrogen) atoms. The normalized spacial score (nSPS) is 16.8. The van der Waals surface area contributed by atoms with E-state index in [1.54, 1.807) is 4.31 Å². The molecule has 1 aromatic rings. The molecule has 1 aromatic carbocycles. The summed E-state index contributed by atoms with van der Waals surface area (Å²) in [5, 5.41) is 3.14. The van der Waals surface area contributed by atoms with Crippen molar-refractivity contribution in [1.29, 1.82) is 0 Å². The molecule has 0 spiro atoms. The van der Waals surface area contributed by atoms with Gasteiger partial charge in [-0.05, 0) is 5.56 Å². The van der Waals surface area contributed by atoms with Crippen LogP contribution in [0.5, 0.6) is 0 Å². The van der Waals surface area contributed by atoms with Crippen LogP contribution in [0.25, 0.3) is 0 Å². The Morgan fingerprint density at radius 3 is 2.22 bits per heavy atom. The highest BCUT2D eigenvalue weighted by molar-refractivity contribution is 7.88. The van der Waals surface area contributed by atoms with Crippen molar-refractivity contribution < 1.29 is 8.42 Å². The van der Waals surface area contributed by atoms with Crippen molar-refractivity contribution in [1.82, 2.24) is 9.62 Å². The highest BCUT2D eigenvalue weighted by Crippen LogP contribution is 2.11. The Hall–Kier alpha value is -0.910. The van der Waals surface area contributed by atoms with E-state index < -0.39 is 10.0 Å². The number of nitrogens with zero attached hydrogens (tertiary/aromatic N) is 1. The van der Waals surface area contributed by atoms with Crippen LogP contribution >= 0.6 is 0 Å². The third kappa shape index (κ3) is 4.40. The lowest BCUT2D eigenvalue weighted by Gasteiger charge is -2.26. The van der Waals surface area contributed by atoms with E-state index in [-0.39, 0.29) is 5.75 Å². The fourth-order valence-electron chi connectivity index (χ4n) is 1.80. The molecular weight excluding hydrogens is 248 g/mol. The summed E-state index contributed by atoms with van der Waals surface area (Å²) in [4.78, 5) is 0. The Labute approximate surface area is 110 Å². The molecule has 0 atom stereocenters. The summed E-state index contributed by atoms with van der Waals surface area (Å²) in [6.45, 7) is 6.65. The van der Waals surface area contributed by atoms with Crippen molar-refractivity contribution in [2.45, 2.75) is 19.6 Å². The third-order valence-electron chi connectivity index (χ3n) is 2.66. The SMILES string of the molecule is CC.O=S(=O)(Cc1ccccc1)N1CCNCC1. The minimum absolute atomic E-state index is 0.105. The summed E-state index contributed by atoms with van der Waals surface area (Å²) >= 11 is 0. The lowest BCUT2D eigenvalue weighted by molar-refractivity contribution is 0.360. The van der Waals surface area contributed by atoms with Crippen LogP contribution in [-0.2, 0) is 15.8 Å². The quantitative estimate of drug-likeness (QED) is 0.904. The molecule has 0 aliphatic carbocycles. The average molecular weight is 270 g/mol. The van der Waals surface area contributed by atoms with Gasteiger partial charge in [0.2, 0.25) is 10.0 Å². The van der Waals surface area contributed by atoms with E-state index in [0.717, 1.165) is 18.7 Å². The topological polar surface area (TPSA) is 49.4 Å². The van der Waals surface area contributed by atoms with Crippen molar-refractivity contribution in [2.24, 2.45) is 0 Å². The van der Waals surface area contributed by atoms with Gasteiger partial charge >= 0.3 is 0 Å². The number of nitrogens with one attached hydrogen (secondary N) is 1. The highest BCUT2D eigenvalue weighted by Gasteiger charge is 2.23. The molecule has 0 amide bonds. The maximum Gasteiger partial charge on any atom is 0.218 e. The molecular formula is C13H22N2O2S. The molecule has 0 radical (unpaired) electrons. The lowest BCUT2D eigenvalue weighted by atomic mass is 10.2. The molecule has 0 aromatic heterocycles. The van der Waals surface area contributed by atoms with Crippen molar-refractivity contribution in [3.05, 3.63) is 35.9 Å². The van der Waals surface area contributed by atoms with Gasteiger partial charge in [-0.25, -0.2) is 8.42 Å². The standard InChI is InChI=1S/C11H16N2O2S.C2H6/c14-16(15,13-8-6-12-7-9-13)10-11-4-2-1-3-5-11;1-2/h1-5,12H,6-10H2;1-2H3. The van der Waals surface area contributed by atoms with Gasteiger partial charge < -0.3 is 5.32 Å². The Bertz CT molecular complexity index is 426. The minimum Gasteiger partial charge on any atom is -0.314 e. The monoisotopic (exact) mass is 270 g/mol. The van der Waals surface area contributed by atoms with Crippen LogP contribution in [0, 0.1) is 0 Å². The number of hydrogen-bond donors (Lipinski definition) is 1. The summed E-state index contributed by atoms with van der Waals surface area (Å²) in [5.74, 6) is 0.105. The minimum atomic E-state index is -3.14. The van der Waals surface area contributed by atoms with E-state index in [9.17, 15) is 8.42 Å². The fraction of sp³-hybridized carbons (Fsp3) is 0.538. The first kappa shape index (κ1) is 15.1. The molecule has 1 heterocycles. The molecule has 0 saturated carbocycles. The largest absolute Gasteiger partial charge is 0.314 e. The van der Waals surface area contributed by atoms with Crippen LogP contribution in [0.15, 0.2) is 30.3 Å². The number of hydrogen-bond acceptors (Lipinski definition) is 3. The molecule has 102 valence electrons. The molecule has 4 nitrogen and oxygen atoms in total. The van der Waals surface area contributed by atoms with Crippen LogP contribution in [0.1, 0.15) is 19.4 Å². The molecule has 1 aliphatic heterocycles. The Morgan fingerprint density at radius 2 is 1.67 bits per heavy atom. The predicted octanol–water partition coefficient (Wildman–Crippen LogP) is 1.45. The smallest absolute Gasteiger partial charge is 0.218 e. The van der Waals surface area contributed by atoms with E-state index in [1.807, 2.05) is 44.2 Å².